The maximum absolute atomic E-state index is 13.9. The summed E-state index contributed by atoms with van der Waals surface area (Å²) in [4.78, 5) is 10.7. The first-order valence-electron chi connectivity index (χ1n) is 6.03. The van der Waals surface area contributed by atoms with Crippen molar-refractivity contribution in [2.24, 2.45) is 5.92 Å². The summed E-state index contributed by atoms with van der Waals surface area (Å²) in [6.45, 7) is 0. The van der Waals surface area contributed by atoms with Crippen LogP contribution in [0.25, 0.3) is 0 Å². The molecular weight excluding hydrogens is 219 g/mol. The molecule has 0 aromatic heterocycles. The Hall–Kier alpha value is -1.38. The highest BCUT2D eigenvalue weighted by atomic mass is 19.1. The van der Waals surface area contributed by atoms with Gasteiger partial charge in [0, 0.05) is 12.0 Å². The minimum absolute atomic E-state index is 0.174. The SMILES string of the molecule is COc1ccc(C2CCC(C=O)CC2)c(F)c1. The molecule has 0 N–H and O–H groups in total. The molecule has 2 rings (SSSR count). The standard InChI is InChI=1S/C14H17FO2/c1-17-12-6-7-13(14(15)8-12)11-4-2-10(9-16)3-5-11/h6-11H,2-5H2,1H3. The van der Waals surface area contributed by atoms with Crippen molar-refractivity contribution < 1.29 is 13.9 Å². The second-order valence-corrected chi connectivity index (χ2v) is 4.64. The summed E-state index contributed by atoms with van der Waals surface area (Å²) in [5.41, 5.74) is 0.759. The predicted octanol–water partition coefficient (Wildman–Crippen LogP) is 3.31. The molecule has 1 saturated carbocycles. The number of halogens is 1. The molecule has 92 valence electrons. The van der Waals surface area contributed by atoms with Crippen LogP contribution in [0.4, 0.5) is 4.39 Å². The lowest BCUT2D eigenvalue weighted by Gasteiger charge is -2.26. The van der Waals surface area contributed by atoms with Crippen LogP contribution >= 0.6 is 0 Å². The van der Waals surface area contributed by atoms with Crippen LogP contribution in [-0.4, -0.2) is 13.4 Å². The minimum atomic E-state index is -0.195. The fraction of sp³-hybridized carbons (Fsp3) is 0.500. The molecule has 1 aromatic carbocycles. The molecule has 1 aliphatic carbocycles. The lowest BCUT2D eigenvalue weighted by Crippen LogP contribution is -2.15. The monoisotopic (exact) mass is 236 g/mol. The summed E-state index contributed by atoms with van der Waals surface area (Å²) in [6.07, 6.45) is 4.57. The third-order valence-electron chi connectivity index (χ3n) is 3.61. The van der Waals surface area contributed by atoms with Crippen molar-refractivity contribution in [2.75, 3.05) is 7.11 Å². The van der Waals surface area contributed by atoms with E-state index in [-0.39, 0.29) is 17.7 Å². The molecular formula is C14H17FO2. The summed E-state index contributed by atoms with van der Waals surface area (Å²) >= 11 is 0. The van der Waals surface area contributed by atoms with Crippen LogP contribution in [-0.2, 0) is 4.79 Å². The quantitative estimate of drug-likeness (QED) is 0.753. The fourth-order valence-corrected chi connectivity index (χ4v) is 2.53. The molecule has 0 unspecified atom stereocenters. The van der Waals surface area contributed by atoms with E-state index in [2.05, 4.69) is 0 Å². The van der Waals surface area contributed by atoms with E-state index < -0.39 is 0 Å². The van der Waals surface area contributed by atoms with Crippen LogP contribution < -0.4 is 4.74 Å². The summed E-state index contributed by atoms with van der Waals surface area (Å²) in [5.74, 6) is 0.774. The van der Waals surface area contributed by atoms with Crippen LogP contribution in [0.1, 0.15) is 37.2 Å². The molecule has 2 nitrogen and oxygen atoms in total. The molecule has 3 heteroatoms. The van der Waals surface area contributed by atoms with Gasteiger partial charge in [-0.05, 0) is 43.2 Å². The first-order chi connectivity index (χ1) is 8.24. The maximum Gasteiger partial charge on any atom is 0.130 e. The third kappa shape index (κ3) is 2.65. The van der Waals surface area contributed by atoms with Crippen molar-refractivity contribution >= 4 is 6.29 Å². The molecule has 0 radical (unpaired) electrons. The molecule has 0 saturated heterocycles. The zero-order chi connectivity index (χ0) is 12.3. The van der Waals surface area contributed by atoms with Gasteiger partial charge in [-0.2, -0.15) is 0 Å². The van der Waals surface area contributed by atoms with Crippen molar-refractivity contribution in [1.82, 2.24) is 0 Å². The van der Waals surface area contributed by atoms with Gasteiger partial charge in [-0.15, -0.1) is 0 Å². The maximum atomic E-state index is 13.9. The van der Waals surface area contributed by atoms with Crippen molar-refractivity contribution in [3.8, 4) is 5.75 Å². The molecule has 0 aliphatic heterocycles. The summed E-state index contributed by atoms with van der Waals surface area (Å²) < 4.78 is 18.8. The van der Waals surface area contributed by atoms with Crippen molar-refractivity contribution in [3.63, 3.8) is 0 Å². The zero-order valence-corrected chi connectivity index (χ0v) is 9.99. The van der Waals surface area contributed by atoms with Crippen molar-refractivity contribution in [1.29, 1.82) is 0 Å². The van der Waals surface area contributed by atoms with Crippen molar-refractivity contribution in [3.05, 3.63) is 29.6 Å². The van der Waals surface area contributed by atoms with Gasteiger partial charge in [-0.25, -0.2) is 4.39 Å². The van der Waals surface area contributed by atoms with Crippen LogP contribution in [0.3, 0.4) is 0 Å². The van der Waals surface area contributed by atoms with E-state index in [0.717, 1.165) is 37.5 Å². The number of ether oxygens (including phenoxy) is 1. The Labute approximate surface area is 101 Å². The second kappa shape index (κ2) is 5.30. The lowest BCUT2D eigenvalue weighted by atomic mass is 9.79. The van der Waals surface area contributed by atoms with Gasteiger partial charge in [0.25, 0.3) is 0 Å². The van der Waals surface area contributed by atoms with Crippen molar-refractivity contribution in [2.45, 2.75) is 31.6 Å². The molecule has 1 aromatic rings. The van der Waals surface area contributed by atoms with Gasteiger partial charge < -0.3 is 9.53 Å². The number of carbonyl (C=O) groups is 1. The lowest BCUT2D eigenvalue weighted by molar-refractivity contribution is -0.111. The summed E-state index contributed by atoms with van der Waals surface area (Å²) in [5, 5.41) is 0. The van der Waals surface area contributed by atoms with E-state index in [9.17, 15) is 9.18 Å². The van der Waals surface area contributed by atoms with Gasteiger partial charge in [0.2, 0.25) is 0 Å². The molecule has 0 heterocycles. The number of rotatable bonds is 3. The summed E-state index contributed by atoms with van der Waals surface area (Å²) in [7, 11) is 1.53. The van der Waals surface area contributed by atoms with Crippen LogP contribution in [0.15, 0.2) is 18.2 Å². The molecule has 17 heavy (non-hydrogen) atoms. The average molecular weight is 236 g/mol. The van der Waals surface area contributed by atoms with Gasteiger partial charge in [-0.1, -0.05) is 6.07 Å². The zero-order valence-electron chi connectivity index (χ0n) is 9.99. The number of methoxy groups -OCH3 is 1. The average Bonchev–Trinajstić information content (AvgIpc) is 2.39. The molecule has 1 aliphatic rings. The number of hydrogen-bond donors (Lipinski definition) is 0. The Morgan fingerprint density at radius 3 is 2.53 bits per heavy atom. The van der Waals surface area contributed by atoms with Crippen LogP contribution in [0, 0.1) is 11.7 Å². The largest absolute Gasteiger partial charge is 0.497 e. The smallest absolute Gasteiger partial charge is 0.130 e. The molecule has 0 bridgehead atoms. The van der Waals surface area contributed by atoms with Gasteiger partial charge in [-0.3, -0.25) is 0 Å². The topological polar surface area (TPSA) is 26.3 Å². The first-order valence-corrected chi connectivity index (χ1v) is 6.03. The first kappa shape index (κ1) is 12.1. The number of benzene rings is 1. The number of aldehydes is 1. The molecule has 0 spiro atoms. The highest BCUT2D eigenvalue weighted by molar-refractivity contribution is 5.53. The molecule has 0 amide bonds. The highest BCUT2D eigenvalue weighted by Gasteiger charge is 2.24. The van der Waals surface area contributed by atoms with E-state index in [1.54, 1.807) is 12.1 Å². The van der Waals surface area contributed by atoms with Gasteiger partial charge in [0.15, 0.2) is 0 Å². The third-order valence-corrected chi connectivity index (χ3v) is 3.61. The molecule has 0 atom stereocenters. The number of carbonyl (C=O) groups excluding carboxylic acids is 1. The van der Waals surface area contributed by atoms with E-state index >= 15 is 0 Å². The Morgan fingerprint density at radius 2 is 2.00 bits per heavy atom. The number of hydrogen-bond acceptors (Lipinski definition) is 2. The van der Waals surface area contributed by atoms with E-state index in [0.29, 0.717) is 5.75 Å². The Kier molecular flexibility index (Phi) is 3.77. The van der Waals surface area contributed by atoms with Crippen LogP contribution in [0.2, 0.25) is 0 Å². The highest BCUT2D eigenvalue weighted by Crippen LogP contribution is 2.36. The Balaban J connectivity index is 2.10. The van der Waals surface area contributed by atoms with E-state index in [1.807, 2.05) is 0 Å². The minimum Gasteiger partial charge on any atom is -0.497 e. The van der Waals surface area contributed by atoms with Gasteiger partial charge in [0.05, 0.1) is 7.11 Å². The molecule has 1 fully saturated rings. The predicted molar refractivity (Wildman–Crippen MR) is 63.7 cm³/mol. The van der Waals surface area contributed by atoms with E-state index in [1.165, 1.54) is 13.2 Å². The van der Waals surface area contributed by atoms with Gasteiger partial charge >= 0.3 is 0 Å². The fourth-order valence-electron chi connectivity index (χ4n) is 2.53. The summed E-state index contributed by atoms with van der Waals surface area (Å²) in [6, 6.07) is 5.03. The Morgan fingerprint density at radius 1 is 1.29 bits per heavy atom. The van der Waals surface area contributed by atoms with E-state index in [4.69, 9.17) is 4.74 Å². The Bertz CT molecular complexity index is 395. The van der Waals surface area contributed by atoms with Crippen LogP contribution in [0.5, 0.6) is 5.75 Å². The second-order valence-electron chi connectivity index (χ2n) is 4.64. The van der Waals surface area contributed by atoms with Gasteiger partial charge in [0.1, 0.15) is 17.9 Å². The normalized spacial score (nSPS) is 24.4.